The third-order valence-corrected chi connectivity index (χ3v) is 3.81. The Hall–Kier alpha value is -1.18. The van der Waals surface area contributed by atoms with Gasteiger partial charge in [-0.05, 0) is 19.8 Å². The maximum atomic E-state index is 12.5. The fourth-order valence-electron chi connectivity index (χ4n) is 2.41. The van der Waals surface area contributed by atoms with Gasteiger partial charge in [-0.2, -0.15) is 0 Å². The number of allylic oxidation sites excluding steroid dienone is 1. The van der Waals surface area contributed by atoms with Gasteiger partial charge in [0.1, 0.15) is 0 Å². The summed E-state index contributed by atoms with van der Waals surface area (Å²) >= 11 is 0. The van der Waals surface area contributed by atoms with Gasteiger partial charge in [0.15, 0.2) is 0 Å². The Morgan fingerprint density at radius 2 is 1.44 bits per heavy atom. The van der Waals surface area contributed by atoms with E-state index in [-0.39, 0.29) is 42.4 Å². The van der Waals surface area contributed by atoms with Gasteiger partial charge in [0.25, 0.3) is 0 Å². The molecule has 0 aromatic rings. The first-order valence-electron chi connectivity index (χ1n) is 9.25. The van der Waals surface area contributed by atoms with E-state index in [4.69, 9.17) is 4.74 Å². The molecule has 1 unspecified atom stereocenters. The average molecular weight is 391 g/mol. The summed E-state index contributed by atoms with van der Waals surface area (Å²) < 4.78 is 4.72. The molecule has 0 N–H and O–H groups in total. The Bertz CT molecular complexity index is 484. The molecule has 0 aromatic carbocycles. The third-order valence-electron chi connectivity index (χ3n) is 3.81. The van der Waals surface area contributed by atoms with Crippen LogP contribution in [0.25, 0.3) is 0 Å². The maximum Gasteiger partial charge on any atom is 1.00 e. The van der Waals surface area contributed by atoms with E-state index in [1.807, 2.05) is 13.8 Å². The van der Waals surface area contributed by atoms with Crippen LogP contribution in [0.3, 0.4) is 0 Å². The molecule has 0 saturated carbocycles. The minimum Gasteiger partial charge on any atom is -0.548 e. The van der Waals surface area contributed by atoms with Gasteiger partial charge in [0.05, 0.1) is 24.7 Å². The quantitative estimate of drug-likeness (QED) is 0.174. The van der Waals surface area contributed by atoms with Crippen molar-refractivity contribution >= 4 is 23.8 Å². The molecule has 0 radical (unpaired) electrons. The molecule has 0 aliphatic heterocycles. The van der Waals surface area contributed by atoms with Crippen LogP contribution < -0.4 is 34.7 Å². The zero-order valence-corrected chi connectivity index (χ0v) is 19.0. The van der Waals surface area contributed by atoms with Crippen LogP contribution in [0, 0.1) is 0 Å². The molecule has 0 aliphatic carbocycles. The number of nitrogens with zero attached hydrogens (tertiary/aromatic N) is 1. The SMILES string of the molecule is C/C=C/OC(=O)CC(C(=O)[O-])N(C(=O)CCCCC)C(=O)CCCCC.[Na+]. The van der Waals surface area contributed by atoms with Crippen molar-refractivity contribution in [3.05, 3.63) is 12.3 Å². The summed E-state index contributed by atoms with van der Waals surface area (Å²) in [6, 6.07) is -1.66. The smallest absolute Gasteiger partial charge is 0.548 e. The second-order valence-electron chi connectivity index (χ2n) is 6.07. The predicted molar refractivity (Wildman–Crippen MR) is 94.5 cm³/mol. The first-order chi connectivity index (χ1) is 12.4. The molecular formula is C19H30NNaO6. The normalized spacial score (nSPS) is 11.5. The van der Waals surface area contributed by atoms with Gasteiger partial charge in [-0.25, -0.2) is 0 Å². The molecule has 0 aliphatic rings. The van der Waals surface area contributed by atoms with Gasteiger partial charge in [0.2, 0.25) is 11.8 Å². The molecule has 0 rings (SSSR count). The van der Waals surface area contributed by atoms with E-state index in [2.05, 4.69) is 0 Å². The van der Waals surface area contributed by atoms with E-state index < -0.39 is 36.2 Å². The van der Waals surface area contributed by atoms with E-state index >= 15 is 0 Å². The van der Waals surface area contributed by atoms with Gasteiger partial charge in [-0.15, -0.1) is 0 Å². The molecule has 1 atom stereocenters. The largest absolute Gasteiger partial charge is 1.00 e. The minimum atomic E-state index is -1.66. The fourth-order valence-corrected chi connectivity index (χ4v) is 2.41. The number of imide groups is 1. The summed E-state index contributed by atoms with van der Waals surface area (Å²) in [5.41, 5.74) is 0. The Kier molecular flexibility index (Phi) is 17.6. The fraction of sp³-hybridized carbons (Fsp3) is 0.684. The first-order valence-corrected chi connectivity index (χ1v) is 9.25. The molecule has 0 aromatic heterocycles. The van der Waals surface area contributed by atoms with Crippen LogP contribution in [0.5, 0.6) is 0 Å². The van der Waals surface area contributed by atoms with E-state index in [0.717, 1.165) is 31.9 Å². The number of rotatable bonds is 13. The Labute approximate surface area is 183 Å². The number of amides is 2. The number of carboxylic acids is 1. The van der Waals surface area contributed by atoms with Crippen LogP contribution in [0.1, 0.15) is 78.6 Å². The van der Waals surface area contributed by atoms with Crippen molar-refractivity contribution in [2.45, 2.75) is 84.6 Å². The summed E-state index contributed by atoms with van der Waals surface area (Å²) in [6.07, 6.45) is 6.53. The minimum absolute atomic E-state index is 0. The number of carbonyl (C=O) groups is 4. The Balaban J connectivity index is 0. The molecule has 0 heterocycles. The zero-order chi connectivity index (χ0) is 19.9. The van der Waals surface area contributed by atoms with Crippen molar-refractivity contribution in [3.63, 3.8) is 0 Å². The first kappa shape index (κ1) is 28.0. The number of carboxylic acid groups (broad SMARTS) is 1. The number of hydrogen-bond acceptors (Lipinski definition) is 6. The van der Waals surface area contributed by atoms with Crippen molar-refractivity contribution in [1.82, 2.24) is 4.90 Å². The Morgan fingerprint density at radius 3 is 1.81 bits per heavy atom. The van der Waals surface area contributed by atoms with E-state index in [9.17, 15) is 24.3 Å². The van der Waals surface area contributed by atoms with Crippen LogP contribution in [0.2, 0.25) is 0 Å². The number of unbranched alkanes of at least 4 members (excludes halogenated alkanes) is 4. The van der Waals surface area contributed by atoms with Gasteiger partial charge in [0, 0.05) is 12.8 Å². The van der Waals surface area contributed by atoms with Gasteiger partial charge >= 0.3 is 35.5 Å². The molecule has 7 nitrogen and oxygen atoms in total. The Morgan fingerprint density at radius 1 is 0.963 bits per heavy atom. The summed E-state index contributed by atoms with van der Waals surface area (Å²) in [5, 5.41) is 11.5. The van der Waals surface area contributed by atoms with E-state index in [1.165, 1.54) is 6.08 Å². The number of hydrogen-bond donors (Lipinski definition) is 0. The van der Waals surface area contributed by atoms with Gasteiger partial charge in [-0.3, -0.25) is 19.3 Å². The molecule has 27 heavy (non-hydrogen) atoms. The van der Waals surface area contributed by atoms with Crippen molar-refractivity contribution in [3.8, 4) is 0 Å². The van der Waals surface area contributed by atoms with Crippen molar-refractivity contribution < 1.29 is 58.6 Å². The maximum absolute atomic E-state index is 12.5. The van der Waals surface area contributed by atoms with Crippen molar-refractivity contribution in [2.24, 2.45) is 0 Å². The molecule has 0 fully saturated rings. The summed E-state index contributed by atoms with van der Waals surface area (Å²) in [6.45, 7) is 5.57. The van der Waals surface area contributed by atoms with E-state index in [0.29, 0.717) is 17.7 Å². The van der Waals surface area contributed by atoms with E-state index in [1.54, 1.807) is 6.92 Å². The van der Waals surface area contributed by atoms with Crippen molar-refractivity contribution in [1.29, 1.82) is 0 Å². The zero-order valence-electron chi connectivity index (χ0n) is 17.0. The van der Waals surface area contributed by atoms with Crippen LogP contribution in [0.4, 0.5) is 0 Å². The number of esters is 1. The summed E-state index contributed by atoms with van der Waals surface area (Å²) in [5.74, 6) is -3.67. The molecule has 8 heteroatoms. The molecule has 0 bridgehead atoms. The number of ether oxygens (including phenoxy) is 1. The number of carbonyl (C=O) groups excluding carboxylic acids is 4. The van der Waals surface area contributed by atoms with Gasteiger partial charge < -0.3 is 14.6 Å². The summed E-state index contributed by atoms with van der Waals surface area (Å²) in [7, 11) is 0. The molecule has 0 spiro atoms. The van der Waals surface area contributed by atoms with Gasteiger partial charge in [-0.1, -0.05) is 45.6 Å². The molecule has 0 saturated heterocycles. The molecule has 2 amide bonds. The summed E-state index contributed by atoms with van der Waals surface area (Å²) in [4.78, 5) is 49.0. The average Bonchev–Trinajstić information content (AvgIpc) is 2.59. The topological polar surface area (TPSA) is 104 Å². The second kappa shape index (κ2) is 17.0. The van der Waals surface area contributed by atoms with Crippen LogP contribution in [-0.4, -0.2) is 34.7 Å². The second-order valence-corrected chi connectivity index (χ2v) is 6.07. The van der Waals surface area contributed by atoms with Crippen LogP contribution in [0.15, 0.2) is 12.3 Å². The van der Waals surface area contributed by atoms with Crippen LogP contribution in [-0.2, 0) is 23.9 Å². The third kappa shape index (κ3) is 12.0. The predicted octanol–water partition coefficient (Wildman–Crippen LogP) is -0.908. The van der Waals surface area contributed by atoms with Crippen molar-refractivity contribution in [2.75, 3.05) is 0 Å². The van der Waals surface area contributed by atoms with Crippen LogP contribution >= 0.6 is 0 Å². The standard InChI is InChI=1S/C19H31NO6.Na/c1-4-7-9-11-16(21)20(17(22)12-10-8-5-2)15(19(24)25)14-18(23)26-13-6-3;/h6,13,15H,4-5,7-12,14H2,1-3H3,(H,24,25);/q;+1/p-1/b13-6+;. The molecular weight excluding hydrogens is 361 g/mol. The number of aliphatic carboxylic acids is 1. The molecule has 148 valence electrons. The monoisotopic (exact) mass is 391 g/mol.